The summed E-state index contributed by atoms with van der Waals surface area (Å²) < 4.78 is 11.6. The van der Waals surface area contributed by atoms with E-state index in [2.05, 4.69) is 5.32 Å². The molecule has 0 spiro atoms. The number of benzene rings is 3. The molecule has 0 unspecified atom stereocenters. The smallest absolute Gasteiger partial charge is 0.352 e. The van der Waals surface area contributed by atoms with E-state index in [1.807, 2.05) is 37.3 Å². The van der Waals surface area contributed by atoms with Crippen LogP contribution in [-0.4, -0.2) is 30.2 Å². The Morgan fingerprint density at radius 2 is 1.59 bits per heavy atom. The normalized spacial score (nSPS) is 11.0. The minimum Gasteiger partial charge on any atom is -0.490 e. The first-order valence-electron chi connectivity index (χ1n) is 10.3. The molecule has 6 heteroatoms. The minimum absolute atomic E-state index is 0.237. The highest BCUT2D eigenvalue weighted by Crippen LogP contribution is 2.29. The van der Waals surface area contributed by atoms with Crippen LogP contribution in [-0.2, 0) is 11.2 Å². The Balaban J connectivity index is 1.75. The van der Waals surface area contributed by atoms with Crippen LogP contribution in [0.1, 0.15) is 28.4 Å². The molecule has 0 saturated heterocycles. The van der Waals surface area contributed by atoms with Gasteiger partial charge in [0.05, 0.1) is 13.2 Å². The third kappa shape index (κ3) is 6.47. The summed E-state index contributed by atoms with van der Waals surface area (Å²) in [7, 11) is 0. The van der Waals surface area contributed by atoms with Gasteiger partial charge in [-0.3, -0.25) is 4.79 Å². The Labute approximate surface area is 187 Å². The maximum Gasteiger partial charge on any atom is 0.352 e. The third-order valence-corrected chi connectivity index (χ3v) is 4.58. The van der Waals surface area contributed by atoms with Crippen molar-refractivity contribution in [3.05, 3.63) is 101 Å². The number of ether oxygens (including phenoxy) is 2. The Morgan fingerprint density at radius 1 is 0.906 bits per heavy atom. The van der Waals surface area contributed by atoms with Gasteiger partial charge >= 0.3 is 5.97 Å². The van der Waals surface area contributed by atoms with Crippen molar-refractivity contribution in [3.63, 3.8) is 0 Å². The van der Waals surface area contributed by atoms with Gasteiger partial charge in [0.1, 0.15) is 5.70 Å². The van der Waals surface area contributed by atoms with E-state index in [1.165, 1.54) is 11.6 Å². The van der Waals surface area contributed by atoms with Gasteiger partial charge in [0.2, 0.25) is 0 Å². The highest BCUT2D eigenvalue weighted by atomic mass is 16.5. The maximum atomic E-state index is 12.3. The number of carbonyl (C=O) groups excluding carboxylic acids is 1. The summed E-state index contributed by atoms with van der Waals surface area (Å²) >= 11 is 0. The zero-order valence-corrected chi connectivity index (χ0v) is 17.8. The van der Waals surface area contributed by atoms with Crippen LogP contribution in [0.15, 0.2) is 84.6 Å². The molecular weight excluding hydrogens is 406 g/mol. The number of hydrogen-bond donors (Lipinski definition) is 2. The lowest BCUT2D eigenvalue weighted by atomic mass is 10.1. The summed E-state index contributed by atoms with van der Waals surface area (Å²) in [5, 5.41) is 12.0. The van der Waals surface area contributed by atoms with Crippen molar-refractivity contribution >= 4 is 18.0 Å². The number of carboxylic acid groups (broad SMARTS) is 1. The molecule has 0 bridgehead atoms. The third-order valence-electron chi connectivity index (χ3n) is 4.58. The summed E-state index contributed by atoms with van der Waals surface area (Å²) in [6, 6.07) is 23.6. The van der Waals surface area contributed by atoms with Gasteiger partial charge in [-0.1, -0.05) is 54.6 Å². The van der Waals surface area contributed by atoms with Crippen molar-refractivity contribution in [2.45, 2.75) is 13.3 Å². The van der Waals surface area contributed by atoms with Crippen LogP contribution in [0, 0.1) is 0 Å². The zero-order valence-electron chi connectivity index (χ0n) is 17.8. The number of amides is 1. The molecule has 0 saturated carbocycles. The van der Waals surface area contributed by atoms with Gasteiger partial charge in [-0.25, -0.2) is 4.79 Å². The molecule has 0 aliphatic rings. The quantitative estimate of drug-likeness (QED) is 0.460. The Bertz CT molecular complexity index is 1080. The van der Waals surface area contributed by atoms with Crippen molar-refractivity contribution in [2.24, 2.45) is 0 Å². The molecule has 0 aliphatic heterocycles. The van der Waals surface area contributed by atoms with Gasteiger partial charge in [-0.2, -0.15) is 0 Å². The monoisotopic (exact) mass is 431 g/mol. The molecule has 0 aromatic heterocycles. The second-order valence-electron chi connectivity index (χ2n) is 6.91. The molecule has 2 N–H and O–H groups in total. The zero-order chi connectivity index (χ0) is 22.8. The standard InChI is InChI=1S/C26H25NO5/c1-2-31-24-18-20(13-14-23(24)32-16-15-19-9-5-3-6-10-19)17-22(26(29)30)27-25(28)21-11-7-4-8-12-21/h3-14,17-18H,2,15-16H2,1H3,(H,27,28)(H,29,30)/b22-17+. The first kappa shape index (κ1) is 22.6. The molecule has 32 heavy (non-hydrogen) atoms. The van der Waals surface area contributed by atoms with E-state index in [1.54, 1.807) is 48.5 Å². The molecular formula is C26H25NO5. The number of hydrogen-bond acceptors (Lipinski definition) is 4. The van der Waals surface area contributed by atoms with Gasteiger partial charge in [-0.05, 0) is 48.4 Å². The van der Waals surface area contributed by atoms with E-state index in [0.29, 0.717) is 35.8 Å². The molecule has 0 radical (unpaired) electrons. The molecule has 0 fully saturated rings. The predicted molar refractivity (Wildman–Crippen MR) is 123 cm³/mol. The van der Waals surface area contributed by atoms with E-state index in [-0.39, 0.29) is 5.70 Å². The molecule has 3 aromatic carbocycles. The van der Waals surface area contributed by atoms with Crippen molar-refractivity contribution in [3.8, 4) is 11.5 Å². The summed E-state index contributed by atoms with van der Waals surface area (Å²) in [6.45, 7) is 2.77. The average molecular weight is 431 g/mol. The summed E-state index contributed by atoms with van der Waals surface area (Å²) in [4.78, 5) is 24.0. The van der Waals surface area contributed by atoms with Crippen LogP contribution < -0.4 is 14.8 Å². The van der Waals surface area contributed by atoms with Crippen LogP contribution in [0.25, 0.3) is 6.08 Å². The van der Waals surface area contributed by atoms with Gasteiger partial charge in [0, 0.05) is 12.0 Å². The van der Waals surface area contributed by atoms with Crippen LogP contribution in [0.4, 0.5) is 0 Å². The lowest BCUT2D eigenvalue weighted by Gasteiger charge is -2.13. The predicted octanol–water partition coefficient (Wildman–Crippen LogP) is 4.56. The maximum absolute atomic E-state index is 12.3. The topological polar surface area (TPSA) is 84.9 Å². The SMILES string of the molecule is CCOc1cc(/C=C(/NC(=O)c2ccccc2)C(=O)O)ccc1OCCc1ccccc1. The molecule has 0 aliphatic carbocycles. The lowest BCUT2D eigenvalue weighted by Crippen LogP contribution is -2.27. The van der Waals surface area contributed by atoms with Crippen LogP contribution in [0.3, 0.4) is 0 Å². The Morgan fingerprint density at radius 3 is 2.25 bits per heavy atom. The van der Waals surface area contributed by atoms with E-state index in [9.17, 15) is 14.7 Å². The van der Waals surface area contributed by atoms with Gasteiger partial charge < -0.3 is 19.9 Å². The van der Waals surface area contributed by atoms with E-state index in [4.69, 9.17) is 9.47 Å². The molecule has 0 heterocycles. The number of carboxylic acids is 1. The number of nitrogens with one attached hydrogen (secondary N) is 1. The molecule has 0 atom stereocenters. The first-order valence-corrected chi connectivity index (χ1v) is 10.3. The molecule has 3 aromatic rings. The number of rotatable bonds is 10. The van der Waals surface area contributed by atoms with Gasteiger partial charge in [0.25, 0.3) is 5.91 Å². The van der Waals surface area contributed by atoms with Crippen molar-refractivity contribution in [1.82, 2.24) is 5.32 Å². The molecule has 6 nitrogen and oxygen atoms in total. The highest BCUT2D eigenvalue weighted by molar-refractivity contribution is 6.02. The second-order valence-corrected chi connectivity index (χ2v) is 6.91. The average Bonchev–Trinajstić information content (AvgIpc) is 2.81. The minimum atomic E-state index is -1.24. The largest absolute Gasteiger partial charge is 0.490 e. The summed E-state index contributed by atoms with van der Waals surface area (Å²) in [5.41, 5.74) is 1.87. The number of carbonyl (C=O) groups is 2. The Hall–Kier alpha value is -4.06. The molecule has 164 valence electrons. The fourth-order valence-electron chi connectivity index (χ4n) is 3.03. The van der Waals surface area contributed by atoms with Crippen molar-refractivity contribution < 1.29 is 24.2 Å². The molecule has 1 amide bonds. The van der Waals surface area contributed by atoms with E-state index >= 15 is 0 Å². The van der Waals surface area contributed by atoms with Crippen LogP contribution in [0.5, 0.6) is 11.5 Å². The van der Waals surface area contributed by atoms with Crippen molar-refractivity contribution in [2.75, 3.05) is 13.2 Å². The lowest BCUT2D eigenvalue weighted by molar-refractivity contribution is -0.132. The molecule has 3 rings (SSSR count). The fraction of sp³-hybridized carbons (Fsp3) is 0.154. The van der Waals surface area contributed by atoms with Gasteiger partial charge in [-0.15, -0.1) is 0 Å². The van der Waals surface area contributed by atoms with Crippen LogP contribution >= 0.6 is 0 Å². The Kier molecular flexibility index (Phi) is 8.03. The van der Waals surface area contributed by atoms with Crippen molar-refractivity contribution in [1.29, 1.82) is 0 Å². The van der Waals surface area contributed by atoms with E-state index in [0.717, 1.165) is 6.42 Å². The number of aliphatic carboxylic acids is 1. The summed E-state index contributed by atoms with van der Waals surface area (Å²) in [6.07, 6.45) is 2.14. The summed E-state index contributed by atoms with van der Waals surface area (Å²) in [5.74, 6) is -0.654. The van der Waals surface area contributed by atoms with Crippen LogP contribution in [0.2, 0.25) is 0 Å². The first-order chi connectivity index (χ1) is 15.6. The van der Waals surface area contributed by atoms with Gasteiger partial charge in [0.15, 0.2) is 11.5 Å². The van der Waals surface area contributed by atoms with E-state index < -0.39 is 11.9 Å². The highest BCUT2D eigenvalue weighted by Gasteiger charge is 2.14. The second kappa shape index (κ2) is 11.4. The fourth-order valence-corrected chi connectivity index (χ4v) is 3.03.